The van der Waals surface area contributed by atoms with Crippen molar-refractivity contribution in [1.82, 2.24) is 0 Å². The van der Waals surface area contributed by atoms with Gasteiger partial charge < -0.3 is 10.5 Å². The molecule has 0 amide bonds. The topological polar surface area (TPSA) is 35.2 Å². The van der Waals surface area contributed by atoms with Gasteiger partial charge in [0, 0.05) is 19.3 Å². The molecule has 1 atom stereocenters. The third-order valence-corrected chi connectivity index (χ3v) is 3.03. The van der Waals surface area contributed by atoms with Gasteiger partial charge in [-0.05, 0) is 25.7 Å². The molecule has 2 nitrogen and oxygen atoms in total. The van der Waals surface area contributed by atoms with Crippen molar-refractivity contribution in [3.8, 4) is 0 Å². The Kier molecular flexibility index (Phi) is 12.9. The molecule has 0 aromatic carbocycles. The van der Waals surface area contributed by atoms with Crippen molar-refractivity contribution in [2.24, 2.45) is 5.73 Å². The molecular formula is C14H31NO. The van der Waals surface area contributed by atoms with Crippen molar-refractivity contribution in [2.45, 2.75) is 77.7 Å². The molecule has 98 valence electrons. The first-order chi connectivity index (χ1) is 7.81. The first kappa shape index (κ1) is 15.9. The van der Waals surface area contributed by atoms with E-state index in [1.807, 2.05) is 0 Å². The first-order valence-electron chi connectivity index (χ1n) is 7.14. The van der Waals surface area contributed by atoms with Crippen LogP contribution in [0.3, 0.4) is 0 Å². The number of hydrogen-bond donors (Lipinski definition) is 1. The number of rotatable bonds is 12. The van der Waals surface area contributed by atoms with Crippen LogP contribution in [0.25, 0.3) is 0 Å². The summed E-state index contributed by atoms with van der Waals surface area (Å²) in [6.07, 6.45) is 11.3. The Hall–Kier alpha value is -0.0800. The van der Waals surface area contributed by atoms with Gasteiger partial charge in [-0.25, -0.2) is 0 Å². The summed E-state index contributed by atoms with van der Waals surface area (Å²) in [5, 5.41) is 0. The molecular weight excluding hydrogens is 198 g/mol. The van der Waals surface area contributed by atoms with Gasteiger partial charge in [-0.1, -0.05) is 46.0 Å². The monoisotopic (exact) mass is 229 g/mol. The van der Waals surface area contributed by atoms with Crippen LogP contribution in [0, 0.1) is 0 Å². The normalized spacial score (nSPS) is 12.9. The number of unbranched alkanes of at least 4 members (excludes halogenated alkanes) is 5. The standard InChI is InChI=1S/C14H31NO/c1-3-5-6-7-8-9-12-16-13-10-11-14(15)4-2/h14H,3-13,15H2,1-2H3. The largest absolute Gasteiger partial charge is 0.381 e. The number of nitrogens with two attached hydrogens (primary N) is 1. The Morgan fingerprint density at radius 2 is 1.50 bits per heavy atom. The van der Waals surface area contributed by atoms with Crippen LogP contribution in [-0.4, -0.2) is 19.3 Å². The summed E-state index contributed by atoms with van der Waals surface area (Å²) in [6.45, 7) is 6.22. The van der Waals surface area contributed by atoms with Crippen molar-refractivity contribution in [2.75, 3.05) is 13.2 Å². The third-order valence-electron chi connectivity index (χ3n) is 3.03. The zero-order valence-corrected chi connectivity index (χ0v) is 11.3. The minimum atomic E-state index is 0.373. The van der Waals surface area contributed by atoms with E-state index in [9.17, 15) is 0 Å². The van der Waals surface area contributed by atoms with Crippen LogP contribution < -0.4 is 5.73 Å². The number of hydrogen-bond acceptors (Lipinski definition) is 2. The quantitative estimate of drug-likeness (QED) is 0.515. The van der Waals surface area contributed by atoms with Gasteiger partial charge in [-0.3, -0.25) is 0 Å². The predicted molar refractivity (Wildman–Crippen MR) is 71.7 cm³/mol. The molecule has 0 aliphatic heterocycles. The van der Waals surface area contributed by atoms with Crippen LogP contribution in [0.1, 0.15) is 71.6 Å². The molecule has 0 bridgehead atoms. The minimum absolute atomic E-state index is 0.373. The lowest BCUT2D eigenvalue weighted by molar-refractivity contribution is 0.124. The van der Waals surface area contributed by atoms with Crippen LogP contribution in [0.2, 0.25) is 0 Å². The maximum Gasteiger partial charge on any atom is 0.0466 e. The predicted octanol–water partition coefficient (Wildman–Crippen LogP) is 3.88. The van der Waals surface area contributed by atoms with Gasteiger partial charge in [0.25, 0.3) is 0 Å². The highest BCUT2D eigenvalue weighted by molar-refractivity contribution is 4.57. The first-order valence-corrected chi connectivity index (χ1v) is 7.14. The fourth-order valence-electron chi connectivity index (χ4n) is 1.74. The van der Waals surface area contributed by atoms with Gasteiger partial charge in [0.05, 0.1) is 0 Å². The van der Waals surface area contributed by atoms with Crippen molar-refractivity contribution >= 4 is 0 Å². The second-order valence-corrected chi connectivity index (χ2v) is 4.69. The van der Waals surface area contributed by atoms with E-state index in [-0.39, 0.29) is 0 Å². The van der Waals surface area contributed by atoms with Crippen LogP contribution in [0.4, 0.5) is 0 Å². The van der Waals surface area contributed by atoms with E-state index in [1.54, 1.807) is 0 Å². The van der Waals surface area contributed by atoms with E-state index in [0.29, 0.717) is 6.04 Å². The number of ether oxygens (including phenoxy) is 1. The van der Waals surface area contributed by atoms with Gasteiger partial charge in [-0.2, -0.15) is 0 Å². The molecule has 16 heavy (non-hydrogen) atoms. The van der Waals surface area contributed by atoms with Crippen molar-refractivity contribution in [3.63, 3.8) is 0 Å². The molecule has 2 heteroatoms. The highest BCUT2D eigenvalue weighted by Crippen LogP contribution is 2.05. The Morgan fingerprint density at radius 3 is 2.19 bits per heavy atom. The van der Waals surface area contributed by atoms with E-state index >= 15 is 0 Å². The Morgan fingerprint density at radius 1 is 0.875 bits per heavy atom. The Labute approximate surface area is 102 Å². The summed E-state index contributed by atoms with van der Waals surface area (Å²) < 4.78 is 5.58. The highest BCUT2D eigenvalue weighted by Gasteiger charge is 1.98. The SMILES string of the molecule is CCCCCCCCOCCCC(N)CC. The average Bonchev–Trinajstić information content (AvgIpc) is 2.31. The molecule has 0 saturated carbocycles. The Balaban J connectivity index is 2.93. The third kappa shape index (κ3) is 12.0. The molecule has 0 heterocycles. The van der Waals surface area contributed by atoms with Gasteiger partial charge in [0.1, 0.15) is 0 Å². The molecule has 0 aliphatic rings. The molecule has 1 unspecified atom stereocenters. The molecule has 0 aromatic rings. The molecule has 0 aliphatic carbocycles. The molecule has 0 radical (unpaired) electrons. The Bertz CT molecular complexity index is 128. The van der Waals surface area contributed by atoms with E-state index in [4.69, 9.17) is 10.5 Å². The van der Waals surface area contributed by atoms with Crippen LogP contribution in [0.15, 0.2) is 0 Å². The fourth-order valence-corrected chi connectivity index (χ4v) is 1.74. The highest BCUT2D eigenvalue weighted by atomic mass is 16.5. The summed E-state index contributed by atoms with van der Waals surface area (Å²) in [6, 6.07) is 0.373. The molecule has 0 aromatic heterocycles. The zero-order chi connectivity index (χ0) is 12.1. The summed E-state index contributed by atoms with van der Waals surface area (Å²) in [5.41, 5.74) is 5.83. The van der Waals surface area contributed by atoms with E-state index < -0.39 is 0 Å². The van der Waals surface area contributed by atoms with Crippen molar-refractivity contribution in [3.05, 3.63) is 0 Å². The minimum Gasteiger partial charge on any atom is -0.381 e. The fraction of sp³-hybridized carbons (Fsp3) is 1.00. The van der Waals surface area contributed by atoms with E-state index in [0.717, 1.165) is 32.5 Å². The summed E-state index contributed by atoms with van der Waals surface area (Å²) in [5.74, 6) is 0. The van der Waals surface area contributed by atoms with E-state index in [2.05, 4.69) is 13.8 Å². The molecule has 0 rings (SSSR count). The van der Waals surface area contributed by atoms with Gasteiger partial charge in [0.15, 0.2) is 0 Å². The maximum atomic E-state index is 5.83. The van der Waals surface area contributed by atoms with Crippen LogP contribution >= 0.6 is 0 Å². The summed E-state index contributed by atoms with van der Waals surface area (Å²) in [4.78, 5) is 0. The van der Waals surface area contributed by atoms with E-state index in [1.165, 1.54) is 38.5 Å². The molecule has 0 saturated heterocycles. The average molecular weight is 229 g/mol. The second kappa shape index (κ2) is 13.0. The lowest BCUT2D eigenvalue weighted by Gasteiger charge is -2.08. The maximum absolute atomic E-state index is 5.83. The molecule has 2 N–H and O–H groups in total. The van der Waals surface area contributed by atoms with Crippen molar-refractivity contribution < 1.29 is 4.74 Å². The zero-order valence-electron chi connectivity index (χ0n) is 11.3. The van der Waals surface area contributed by atoms with Gasteiger partial charge in [0.2, 0.25) is 0 Å². The van der Waals surface area contributed by atoms with Crippen LogP contribution in [0.5, 0.6) is 0 Å². The summed E-state index contributed by atoms with van der Waals surface area (Å²) >= 11 is 0. The smallest absolute Gasteiger partial charge is 0.0466 e. The van der Waals surface area contributed by atoms with Crippen LogP contribution in [-0.2, 0) is 4.74 Å². The summed E-state index contributed by atoms with van der Waals surface area (Å²) in [7, 11) is 0. The van der Waals surface area contributed by atoms with Gasteiger partial charge >= 0.3 is 0 Å². The van der Waals surface area contributed by atoms with Crippen molar-refractivity contribution in [1.29, 1.82) is 0 Å². The molecule has 0 spiro atoms. The lowest BCUT2D eigenvalue weighted by atomic mass is 10.1. The lowest BCUT2D eigenvalue weighted by Crippen LogP contribution is -2.18. The van der Waals surface area contributed by atoms with Gasteiger partial charge in [-0.15, -0.1) is 0 Å². The second-order valence-electron chi connectivity index (χ2n) is 4.69. The molecule has 0 fully saturated rings.